The summed E-state index contributed by atoms with van der Waals surface area (Å²) in [6.45, 7) is 3.81. The van der Waals surface area contributed by atoms with E-state index in [9.17, 15) is 13.5 Å². The van der Waals surface area contributed by atoms with Gasteiger partial charge in [-0.2, -0.15) is 13.5 Å². The number of phenolic OH excluding ortho intramolecular Hbond substituents is 1. The molecule has 0 atom stereocenters. The van der Waals surface area contributed by atoms with Crippen molar-refractivity contribution in [2.24, 2.45) is 7.05 Å². The van der Waals surface area contributed by atoms with Gasteiger partial charge in [0.15, 0.2) is 5.03 Å². The zero-order valence-electron chi connectivity index (χ0n) is 11.6. The van der Waals surface area contributed by atoms with Crippen LogP contribution >= 0.6 is 0 Å². The number of phenols is 1. The summed E-state index contributed by atoms with van der Waals surface area (Å²) in [5.74, 6) is 0.0317. The minimum atomic E-state index is -3.71. The molecule has 0 saturated heterocycles. The van der Waals surface area contributed by atoms with Crippen molar-refractivity contribution in [3.63, 3.8) is 0 Å². The van der Waals surface area contributed by atoms with Crippen LogP contribution in [0.15, 0.2) is 35.5 Å². The molecule has 1 N–H and O–H groups in total. The van der Waals surface area contributed by atoms with E-state index in [2.05, 4.69) is 5.10 Å². The van der Waals surface area contributed by atoms with Crippen molar-refractivity contribution in [3.8, 4) is 5.75 Å². The van der Waals surface area contributed by atoms with E-state index in [4.69, 9.17) is 0 Å². The average Bonchev–Trinajstić information content (AvgIpc) is 2.81. The van der Waals surface area contributed by atoms with Crippen molar-refractivity contribution in [1.29, 1.82) is 0 Å². The number of hydrogen-bond donors (Lipinski definition) is 1. The zero-order chi connectivity index (χ0) is 14.9. The van der Waals surface area contributed by atoms with Crippen LogP contribution in [0.3, 0.4) is 0 Å². The van der Waals surface area contributed by atoms with Gasteiger partial charge in [0.2, 0.25) is 0 Å². The van der Waals surface area contributed by atoms with E-state index in [1.807, 2.05) is 0 Å². The smallest absolute Gasteiger partial charge is 0.281 e. The lowest BCUT2D eigenvalue weighted by Gasteiger charge is -2.24. The summed E-state index contributed by atoms with van der Waals surface area (Å²) in [6, 6.07) is 6.12. The van der Waals surface area contributed by atoms with E-state index in [1.165, 1.54) is 33.4 Å². The number of hydrogen-bond acceptors (Lipinski definition) is 4. The molecule has 0 aliphatic rings. The summed E-state index contributed by atoms with van der Waals surface area (Å²) in [5, 5.41) is 13.6. The van der Waals surface area contributed by atoms with Crippen molar-refractivity contribution in [1.82, 2.24) is 9.78 Å². The number of aromatic nitrogens is 2. The minimum Gasteiger partial charge on any atom is -0.508 e. The highest BCUT2D eigenvalue weighted by molar-refractivity contribution is 7.92. The first-order valence-electron chi connectivity index (χ1n) is 6.18. The molecule has 0 radical (unpaired) electrons. The Bertz CT molecular complexity index is 722. The summed E-state index contributed by atoms with van der Waals surface area (Å²) < 4.78 is 28.0. The normalized spacial score (nSPS) is 11.6. The number of nitrogens with zero attached hydrogens (tertiary/aromatic N) is 3. The largest absolute Gasteiger partial charge is 0.508 e. The molecule has 20 heavy (non-hydrogen) atoms. The second kappa shape index (κ2) is 5.16. The van der Waals surface area contributed by atoms with Crippen LogP contribution in [0.1, 0.15) is 12.5 Å². The average molecular weight is 295 g/mol. The maximum Gasteiger partial charge on any atom is 0.281 e. The molecule has 1 aromatic heterocycles. The Kier molecular flexibility index (Phi) is 3.71. The Morgan fingerprint density at radius 1 is 1.35 bits per heavy atom. The Balaban J connectivity index is 2.58. The lowest BCUT2D eigenvalue weighted by Crippen LogP contribution is -2.32. The van der Waals surface area contributed by atoms with Gasteiger partial charge in [-0.25, -0.2) is 0 Å². The van der Waals surface area contributed by atoms with Gasteiger partial charge in [-0.3, -0.25) is 8.99 Å². The summed E-state index contributed by atoms with van der Waals surface area (Å²) in [5.41, 5.74) is 1.24. The molecule has 0 bridgehead atoms. The third kappa shape index (κ3) is 2.36. The van der Waals surface area contributed by atoms with Crippen LogP contribution in [0.5, 0.6) is 5.75 Å². The predicted molar refractivity (Wildman–Crippen MR) is 76.3 cm³/mol. The topological polar surface area (TPSA) is 75.4 Å². The van der Waals surface area contributed by atoms with Crippen LogP contribution in [-0.4, -0.2) is 29.8 Å². The number of rotatable bonds is 4. The van der Waals surface area contributed by atoms with Crippen LogP contribution in [-0.2, 0) is 17.1 Å². The molecule has 0 spiro atoms. The fourth-order valence-corrected chi connectivity index (χ4v) is 3.70. The summed E-state index contributed by atoms with van der Waals surface area (Å²) >= 11 is 0. The van der Waals surface area contributed by atoms with Gasteiger partial charge in [0, 0.05) is 19.7 Å². The highest BCUT2D eigenvalue weighted by atomic mass is 32.2. The van der Waals surface area contributed by atoms with Gasteiger partial charge in [0.1, 0.15) is 5.75 Å². The number of sulfonamides is 1. The molecule has 0 fully saturated rings. The second-order valence-corrected chi connectivity index (χ2v) is 6.24. The molecule has 0 aliphatic carbocycles. The van der Waals surface area contributed by atoms with Crippen LogP contribution in [0.25, 0.3) is 0 Å². The molecule has 108 valence electrons. The van der Waals surface area contributed by atoms with E-state index in [0.717, 1.165) is 5.56 Å². The highest BCUT2D eigenvalue weighted by Crippen LogP contribution is 2.29. The first-order valence-corrected chi connectivity index (χ1v) is 7.62. The maximum atomic E-state index is 12.7. The van der Waals surface area contributed by atoms with Gasteiger partial charge < -0.3 is 5.11 Å². The Hall–Kier alpha value is -2.02. The van der Waals surface area contributed by atoms with Crippen molar-refractivity contribution < 1.29 is 13.5 Å². The molecule has 0 saturated carbocycles. The van der Waals surface area contributed by atoms with Gasteiger partial charge in [-0.15, -0.1) is 0 Å². The zero-order valence-corrected chi connectivity index (χ0v) is 12.4. The molecule has 0 amide bonds. The number of anilines is 1. The fraction of sp³-hybridized carbons (Fsp3) is 0.308. The Morgan fingerprint density at radius 3 is 2.60 bits per heavy atom. The quantitative estimate of drug-likeness (QED) is 0.930. The molecule has 2 rings (SSSR count). The van der Waals surface area contributed by atoms with E-state index >= 15 is 0 Å². The molecular weight excluding hydrogens is 278 g/mol. The molecule has 0 unspecified atom stereocenters. The van der Waals surface area contributed by atoms with Crippen LogP contribution < -0.4 is 4.31 Å². The Morgan fingerprint density at radius 2 is 2.05 bits per heavy atom. The summed E-state index contributed by atoms with van der Waals surface area (Å²) in [7, 11) is -2.13. The van der Waals surface area contributed by atoms with Crippen LogP contribution in [0.2, 0.25) is 0 Å². The predicted octanol–water partition coefficient (Wildman–Crippen LogP) is 1.65. The Labute approximate surface area is 118 Å². The van der Waals surface area contributed by atoms with E-state index < -0.39 is 10.0 Å². The third-order valence-corrected chi connectivity index (χ3v) is 5.04. The fourth-order valence-electron chi connectivity index (χ4n) is 2.06. The molecule has 2 aromatic rings. The lowest BCUT2D eigenvalue weighted by molar-refractivity contribution is 0.475. The standard InChI is InChI=1S/C13H17N3O3S/c1-4-16(12-9-11(17)6-5-10(12)2)20(18,19)13-7-8-14-15(13)3/h5-9,17H,4H2,1-3H3. The molecular formula is C13H17N3O3S. The van der Waals surface area contributed by atoms with Gasteiger partial charge in [-0.1, -0.05) is 6.07 Å². The van der Waals surface area contributed by atoms with E-state index in [0.29, 0.717) is 5.69 Å². The monoisotopic (exact) mass is 295 g/mol. The van der Waals surface area contributed by atoms with Crippen molar-refractivity contribution in [2.75, 3.05) is 10.8 Å². The van der Waals surface area contributed by atoms with Crippen molar-refractivity contribution in [2.45, 2.75) is 18.9 Å². The van der Waals surface area contributed by atoms with Crippen molar-refractivity contribution in [3.05, 3.63) is 36.0 Å². The molecule has 6 nitrogen and oxygen atoms in total. The van der Waals surface area contributed by atoms with Gasteiger partial charge >= 0.3 is 0 Å². The number of benzene rings is 1. The molecule has 1 aromatic carbocycles. The molecule has 7 heteroatoms. The van der Waals surface area contributed by atoms with E-state index in [-0.39, 0.29) is 17.3 Å². The number of aromatic hydroxyl groups is 1. The molecule has 1 heterocycles. The number of aryl methyl sites for hydroxylation is 2. The summed E-state index contributed by atoms with van der Waals surface area (Å²) in [4.78, 5) is 0. The van der Waals surface area contributed by atoms with Gasteiger partial charge in [0.25, 0.3) is 10.0 Å². The maximum absolute atomic E-state index is 12.7. The second-order valence-electron chi connectivity index (χ2n) is 4.43. The van der Waals surface area contributed by atoms with E-state index in [1.54, 1.807) is 27.0 Å². The van der Waals surface area contributed by atoms with Gasteiger partial charge in [-0.05, 0) is 31.5 Å². The molecule has 0 aliphatic heterocycles. The first kappa shape index (κ1) is 14.4. The third-order valence-electron chi connectivity index (χ3n) is 3.08. The van der Waals surface area contributed by atoms with Gasteiger partial charge in [0.05, 0.1) is 11.9 Å². The van der Waals surface area contributed by atoms with Crippen LogP contribution in [0.4, 0.5) is 5.69 Å². The summed E-state index contributed by atoms with van der Waals surface area (Å²) in [6.07, 6.45) is 1.44. The minimum absolute atomic E-state index is 0.0317. The SMILES string of the molecule is CCN(c1cc(O)ccc1C)S(=O)(=O)c1ccnn1C. The first-order chi connectivity index (χ1) is 9.37. The van der Waals surface area contributed by atoms with Crippen molar-refractivity contribution >= 4 is 15.7 Å². The highest BCUT2D eigenvalue weighted by Gasteiger charge is 2.27. The lowest BCUT2D eigenvalue weighted by atomic mass is 10.2. The van der Waals surface area contributed by atoms with Crippen LogP contribution in [0, 0.1) is 6.92 Å².